The van der Waals surface area contributed by atoms with E-state index in [2.05, 4.69) is 33.1 Å². The molecule has 0 aliphatic carbocycles. The molecule has 7 nitrogen and oxygen atoms in total. The van der Waals surface area contributed by atoms with Crippen molar-refractivity contribution in [3.63, 3.8) is 0 Å². The molecule has 1 heterocycles. The van der Waals surface area contributed by atoms with Crippen LogP contribution in [0.3, 0.4) is 0 Å². The predicted molar refractivity (Wildman–Crippen MR) is 132 cm³/mol. The van der Waals surface area contributed by atoms with E-state index in [9.17, 15) is 14.9 Å². The zero-order valence-electron chi connectivity index (χ0n) is 18.5. The molecule has 0 fully saturated rings. The van der Waals surface area contributed by atoms with E-state index < -0.39 is 22.8 Å². The molecule has 0 saturated carbocycles. The molecule has 172 valence electrons. The Bertz CT molecular complexity index is 1320. The molecular formula is C26H21BrN2O5. The van der Waals surface area contributed by atoms with E-state index in [1.54, 1.807) is 30.3 Å². The first-order valence-electron chi connectivity index (χ1n) is 10.4. The quantitative estimate of drug-likeness (QED) is 0.290. The largest absolute Gasteiger partial charge is 0.493 e. The van der Waals surface area contributed by atoms with Gasteiger partial charge >= 0.3 is 0 Å². The fourth-order valence-electron chi connectivity index (χ4n) is 4.34. The lowest BCUT2D eigenvalue weighted by Gasteiger charge is -2.32. The number of nitrogens with zero attached hydrogens (tertiary/aromatic N) is 1. The lowest BCUT2D eigenvalue weighted by molar-refractivity contribution is -0.486. The van der Waals surface area contributed by atoms with E-state index in [4.69, 9.17) is 9.47 Å². The highest BCUT2D eigenvalue weighted by Crippen LogP contribution is 2.50. The first-order chi connectivity index (χ1) is 16.4. The molecule has 0 radical (unpaired) electrons. The van der Waals surface area contributed by atoms with Gasteiger partial charge in [-0.25, -0.2) is 0 Å². The number of nitro groups is 1. The molecule has 1 N–H and O–H groups in total. The zero-order valence-corrected chi connectivity index (χ0v) is 20.1. The van der Waals surface area contributed by atoms with Gasteiger partial charge in [0.25, 0.3) is 0 Å². The van der Waals surface area contributed by atoms with Crippen LogP contribution in [-0.4, -0.2) is 31.6 Å². The number of rotatable bonds is 6. The van der Waals surface area contributed by atoms with E-state index in [0.29, 0.717) is 33.9 Å². The van der Waals surface area contributed by atoms with Crippen LogP contribution < -0.4 is 14.8 Å². The molecule has 0 bridgehead atoms. The Morgan fingerprint density at radius 1 is 1.06 bits per heavy atom. The van der Waals surface area contributed by atoms with Gasteiger partial charge in [-0.1, -0.05) is 52.0 Å². The summed E-state index contributed by atoms with van der Waals surface area (Å²) in [5.41, 5.74) is 0.957. The topological polar surface area (TPSA) is 90.7 Å². The maximum Gasteiger partial charge on any atom is 0.241 e. The van der Waals surface area contributed by atoms with Crippen molar-refractivity contribution in [2.45, 2.75) is 5.41 Å². The number of ether oxygens (including phenoxy) is 2. The summed E-state index contributed by atoms with van der Waals surface area (Å²) in [4.78, 5) is 25.1. The Balaban J connectivity index is 2.02. The first-order valence-corrected chi connectivity index (χ1v) is 11.2. The summed E-state index contributed by atoms with van der Waals surface area (Å²) in [5.74, 6) is 5.63. The smallest absolute Gasteiger partial charge is 0.241 e. The predicted octanol–water partition coefficient (Wildman–Crippen LogP) is 4.65. The maximum absolute atomic E-state index is 13.8. The van der Waals surface area contributed by atoms with Crippen molar-refractivity contribution in [1.29, 1.82) is 0 Å². The zero-order chi connectivity index (χ0) is 24.3. The van der Waals surface area contributed by atoms with Gasteiger partial charge in [0, 0.05) is 20.6 Å². The number of amides is 1. The third-order valence-corrected chi connectivity index (χ3v) is 6.36. The molecular weight excluding hydrogens is 500 g/mol. The van der Waals surface area contributed by atoms with Gasteiger partial charge in [-0.05, 0) is 53.6 Å². The lowest BCUT2D eigenvalue weighted by atomic mass is 9.66. The van der Waals surface area contributed by atoms with Gasteiger partial charge < -0.3 is 14.8 Å². The van der Waals surface area contributed by atoms with Gasteiger partial charge in [0.1, 0.15) is 11.3 Å². The molecule has 3 aromatic rings. The van der Waals surface area contributed by atoms with Crippen molar-refractivity contribution in [1.82, 2.24) is 0 Å². The van der Waals surface area contributed by atoms with Crippen molar-refractivity contribution >= 4 is 27.5 Å². The first kappa shape index (κ1) is 23.3. The molecule has 1 aliphatic heterocycles. The van der Waals surface area contributed by atoms with Crippen molar-refractivity contribution in [3.05, 3.63) is 98.0 Å². The SMILES string of the molecule is COc1ccc([C@@]2([C@@H](C#Cc3ccccc3)C[N+](=O)[O-])C(=O)Nc3ccc(Br)cc32)cc1OC. The number of fused-ring (bicyclic) bond motifs is 1. The normalized spacial score (nSPS) is 17.1. The average Bonchev–Trinajstić information content (AvgIpc) is 3.13. The van der Waals surface area contributed by atoms with Crippen LogP contribution in [0.1, 0.15) is 16.7 Å². The average molecular weight is 521 g/mol. The van der Waals surface area contributed by atoms with Crippen LogP contribution in [0.2, 0.25) is 0 Å². The minimum absolute atomic E-state index is 0.387. The van der Waals surface area contributed by atoms with E-state index >= 15 is 0 Å². The van der Waals surface area contributed by atoms with E-state index in [0.717, 1.165) is 4.47 Å². The number of carbonyl (C=O) groups is 1. The Morgan fingerprint density at radius 3 is 2.47 bits per heavy atom. The van der Waals surface area contributed by atoms with Gasteiger partial charge in [0.15, 0.2) is 11.5 Å². The second-order valence-electron chi connectivity index (χ2n) is 7.73. The summed E-state index contributed by atoms with van der Waals surface area (Å²) in [6, 6.07) is 19.7. The number of hydrogen-bond acceptors (Lipinski definition) is 5. The molecule has 2 atom stereocenters. The van der Waals surface area contributed by atoms with Gasteiger partial charge in [-0.15, -0.1) is 0 Å². The molecule has 0 saturated heterocycles. The highest BCUT2D eigenvalue weighted by Gasteiger charge is 2.55. The number of hydrogen-bond donors (Lipinski definition) is 1. The molecule has 0 unspecified atom stereocenters. The van der Waals surface area contributed by atoms with Gasteiger partial charge in [0.2, 0.25) is 12.5 Å². The van der Waals surface area contributed by atoms with E-state index in [1.165, 1.54) is 14.2 Å². The molecule has 1 amide bonds. The van der Waals surface area contributed by atoms with Gasteiger partial charge in [-0.3, -0.25) is 14.9 Å². The fourth-order valence-corrected chi connectivity index (χ4v) is 4.70. The second kappa shape index (κ2) is 9.57. The summed E-state index contributed by atoms with van der Waals surface area (Å²) in [5, 5.41) is 14.7. The Morgan fingerprint density at radius 2 is 1.79 bits per heavy atom. The third kappa shape index (κ3) is 4.11. The molecule has 8 heteroatoms. The number of methoxy groups -OCH3 is 2. The van der Waals surface area contributed by atoms with E-state index in [-0.39, 0.29) is 5.91 Å². The minimum atomic E-state index is -1.45. The molecule has 34 heavy (non-hydrogen) atoms. The summed E-state index contributed by atoms with van der Waals surface area (Å²) in [6.45, 7) is -0.534. The van der Waals surface area contributed by atoms with Crippen molar-refractivity contribution in [3.8, 4) is 23.3 Å². The van der Waals surface area contributed by atoms with Crippen LogP contribution in [-0.2, 0) is 10.2 Å². The summed E-state index contributed by atoms with van der Waals surface area (Å²) in [7, 11) is 3.01. The molecule has 1 aliphatic rings. The van der Waals surface area contributed by atoms with Gasteiger partial charge in [0.05, 0.1) is 14.2 Å². The Labute approximate surface area is 205 Å². The maximum atomic E-state index is 13.8. The number of anilines is 1. The molecule has 4 rings (SSSR count). The molecule has 3 aromatic carbocycles. The number of halogens is 1. The Hall–Kier alpha value is -3.83. The van der Waals surface area contributed by atoms with Crippen molar-refractivity contribution in [2.24, 2.45) is 5.92 Å². The number of benzene rings is 3. The van der Waals surface area contributed by atoms with Crippen LogP contribution in [0.25, 0.3) is 0 Å². The van der Waals surface area contributed by atoms with Crippen molar-refractivity contribution < 1.29 is 19.2 Å². The van der Waals surface area contributed by atoms with Crippen LogP contribution in [0.4, 0.5) is 5.69 Å². The van der Waals surface area contributed by atoms with Gasteiger partial charge in [-0.2, -0.15) is 0 Å². The van der Waals surface area contributed by atoms with Crippen LogP contribution in [0.15, 0.2) is 71.2 Å². The second-order valence-corrected chi connectivity index (χ2v) is 8.64. The summed E-state index contributed by atoms with van der Waals surface area (Å²) < 4.78 is 11.6. The van der Waals surface area contributed by atoms with Crippen molar-refractivity contribution in [2.75, 3.05) is 26.1 Å². The third-order valence-electron chi connectivity index (χ3n) is 5.87. The Kier molecular flexibility index (Phi) is 6.57. The minimum Gasteiger partial charge on any atom is -0.493 e. The monoisotopic (exact) mass is 520 g/mol. The summed E-state index contributed by atoms with van der Waals surface area (Å²) >= 11 is 3.48. The van der Waals surface area contributed by atoms with Crippen LogP contribution in [0.5, 0.6) is 11.5 Å². The molecule has 0 spiro atoms. The molecule has 0 aromatic heterocycles. The fraction of sp³-hybridized carbons (Fsp3) is 0.192. The standard InChI is InChI=1S/C26H21BrN2O5/c1-33-23-13-10-18(14-24(23)34-2)26(21-15-20(27)11-12-22(21)28-25(26)30)19(16-29(31)32)9-8-17-6-4-3-5-7-17/h3-7,10-15,19H,16H2,1-2H3,(H,28,30)/t19-,26-/m0/s1. The lowest BCUT2D eigenvalue weighted by Crippen LogP contribution is -2.45. The van der Waals surface area contributed by atoms with Crippen LogP contribution in [0, 0.1) is 27.9 Å². The summed E-state index contributed by atoms with van der Waals surface area (Å²) in [6.07, 6.45) is 0. The highest BCUT2D eigenvalue weighted by atomic mass is 79.9. The highest BCUT2D eigenvalue weighted by molar-refractivity contribution is 9.10. The van der Waals surface area contributed by atoms with E-state index in [1.807, 2.05) is 36.4 Å². The number of nitrogens with one attached hydrogen (secondary N) is 1. The number of carbonyl (C=O) groups excluding carboxylic acids is 1. The van der Waals surface area contributed by atoms with Crippen LogP contribution >= 0.6 is 15.9 Å².